The minimum Gasteiger partial charge on any atom is -0.483 e. The topological polar surface area (TPSA) is 121 Å². The molecule has 0 atom stereocenters. The van der Waals surface area contributed by atoms with Crippen molar-refractivity contribution in [3.63, 3.8) is 0 Å². The fraction of sp³-hybridized carbons (Fsp3) is 0.455. The van der Waals surface area contributed by atoms with Crippen molar-refractivity contribution in [2.24, 2.45) is 5.92 Å². The molecule has 2 aromatic rings. The normalized spacial score (nSPS) is 20.4. The molecule has 4 rings (SSSR count). The van der Waals surface area contributed by atoms with E-state index >= 15 is 0 Å². The van der Waals surface area contributed by atoms with Crippen molar-refractivity contribution in [3.8, 4) is 0 Å². The van der Waals surface area contributed by atoms with E-state index in [1.165, 1.54) is 11.1 Å². The Morgan fingerprint density at radius 3 is 2.53 bits per heavy atom. The number of rotatable bonds is 3. The van der Waals surface area contributed by atoms with Gasteiger partial charge in [-0.05, 0) is 50.2 Å². The minimum absolute atomic E-state index is 0.144. The van der Waals surface area contributed by atoms with Gasteiger partial charge in [0, 0.05) is 36.8 Å². The van der Waals surface area contributed by atoms with Gasteiger partial charge in [-0.1, -0.05) is 24.3 Å². The zero-order valence-electron chi connectivity index (χ0n) is 17.3. The fourth-order valence-electron chi connectivity index (χ4n) is 4.30. The van der Waals surface area contributed by atoms with Crippen LogP contribution < -0.4 is 11.1 Å². The van der Waals surface area contributed by atoms with Crippen molar-refractivity contribution in [3.05, 3.63) is 47.2 Å². The molecule has 0 unspecified atom stereocenters. The fourth-order valence-corrected chi connectivity index (χ4v) is 4.30. The molecule has 1 aliphatic carbocycles. The number of nitrogens with zero attached hydrogens (tertiary/aromatic N) is 3. The summed E-state index contributed by atoms with van der Waals surface area (Å²) in [6.45, 7) is 3.26. The van der Waals surface area contributed by atoms with E-state index in [0.717, 1.165) is 56.7 Å². The van der Waals surface area contributed by atoms with Crippen LogP contribution in [0, 0.1) is 12.8 Å². The number of aromatic nitrogens is 2. The first-order valence-electron chi connectivity index (χ1n) is 10.3. The van der Waals surface area contributed by atoms with Crippen LogP contribution in [0.5, 0.6) is 0 Å². The van der Waals surface area contributed by atoms with Crippen LogP contribution >= 0.6 is 0 Å². The third-order valence-electron chi connectivity index (χ3n) is 5.74. The lowest BCUT2D eigenvalue weighted by molar-refractivity contribution is -0.137. The van der Waals surface area contributed by atoms with Crippen LogP contribution in [0.15, 0.2) is 30.3 Å². The van der Waals surface area contributed by atoms with Crippen LogP contribution in [0.2, 0.25) is 0 Å². The quantitative estimate of drug-likeness (QED) is 0.664. The maximum absolute atomic E-state index is 13.0. The van der Waals surface area contributed by atoms with E-state index in [0.29, 0.717) is 17.9 Å². The van der Waals surface area contributed by atoms with E-state index in [1.54, 1.807) is 0 Å². The van der Waals surface area contributed by atoms with Gasteiger partial charge in [-0.25, -0.2) is 4.98 Å². The number of carbonyl (C=O) groups excluding carboxylic acids is 1. The Morgan fingerprint density at radius 1 is 1.20 bits per heavy atom. The number of hydrogen-bond acceptors (Lipinski definition) is 6. The summed E-state index contributed by atoms with van der Waals surface area (Å²) in [4.78, 5) is 31.8. The SMILES string of the molecule is Cc1cc(NC2CCC(C(=O)N3CCc4ccccc4C3)CC2)nc(N)n1.O=CO. The van der Waals surface area contributed by atoms with Gasteiger partial charge in [0.15, 0.2) is 0 Å². The van der Waals surface area contributed by atoms with Crippen molar-refractivity contribution >= 4 is 24.1 Å². The summed E-state index contributed by atoms with van der Waals surface area (Å²) in [7, 11) is 0. The van der Waals surface area contributed by atoms with Crippen molar-refractivity contribution in [2.45, 2.75) is 51.6 Å². The zero-order valence-corrected chi connectivity index (χ0v) is 17.3. The van der Waals surface area contributed by atoms with Gasteiger partial charge in [0.05, 0.1) is 0 Å². The molecule has 160 valence electrons. The first kappa shape index (κ1) is 21.5. The highest BCUT2D eigenvalue weighted by Gasteiger charge is 2.31. The van der Waals surface area contributed by atoms with Gasteiger partial charge in [-0.2, -0.15) is 4.98 Å². The Kier molecular flexibility index (Phi) is 7.21. The number of hydrogen-bond donors (Lipinski definition) is 3. The monoisotopic (exact) mass is 411 g/mol. The molecule has 8 heteroatoms. The minimum atomic E-state index is -0.250. The van der Waals surface area contributed by atoms with Crippen LogP contribution in [-0.2, 0) is 22.6 Å². The van der Waals surface area contributed by atoms with Crippen LogP contribution in [0.3, 0.4) is 0 Å². The Bertz CT molecular complexity index is 861. The molecule has 0 radical (unpaired) electrons. The summed E-state index contributed by atoms with van der Waals surface area (Å²) in [5.41, 5.74) is 9.27. The summed E-state index contributed by atoms with van der Waals surface area (Å²) in [6, 6.07) is 10.7. The molecule has 1 aliphatic heterocycles. The van der Waals surface area contributed by atoms with E-state index < -0.39 is 0 Å². The van der Waals surface area contributed by atoms with Gasteiger partial charge in [-0.15, -0.1) is 0 Å². The average Bonchev–Trinajstić information content (AvgIpc) is 2.73. The Balaban J connectivity index is 0.000000806. The van der Waals surface area contributed by atoms with Crippen LogP contribution in [0.1, 0.15) is 42.5 Å². The molecule has 1 aromatic carbocycles. The molecule has 2 aliphatic rings. The number of nitrogens with one attached hydrogen (secondary N) is 1. The van der Waals surface area contributed by atoms with Gasteiger partial charge < -0.3 is 21.1 Å². The van der Waals surface area contributed by atoms with Gasteiger partial charge in [0.2, 0.25) is 11.9 Å². The molecule has 1 saturated carbocycles. The number of benzene rings is 1. The number of aryl methyl sites for hydroxylation is 1. The molecular weight excluding hydrogens is 382 g/mol. The van der Waals surface area contributed by atoms with Crippen LogP contribution in [-0.4, -0.2) is 44.9 Å². The van der Waals surface area contributed by atoms with Crippen molar-refractivity contribution in [2.75, 3.05) is 17.6 Å². The standard InChI is InChI=1S/C21H27N5O.CH2O2/c1-14-12-19(25-21(22)23-14)24-18-8-6-16(7-9-18)20(27)26-11-10-15-4-2-3-5-17(15)13-26;2-1-3/h2-5,12,16,18H,6-11,13H2,1H3,(H3,22,23,24,25);1H,(H,2,3). The highest BCUT2D eigenvalue weighted by Crippen LogP contribution is 2.29. The lowest BCUT2D eigenvalue weighted by Crippen LogP contribution is -2.41. The molecule has 1 amide bonds. The van der Waals surface area contributed by atoms with Gasteiger partial charge in [-0.3, -0.25) is 9.59 Å². The van der Waals surface area contributed by atoms with Gasteiger partial charge in [0.1, 0.15) is 5.82 Å². The van der Waals surface area contributed by atoms with Crippen molar-refractivity contribution in [1.82, 2.24) is 14.9 Å². The third kappa shape index (κ3) is 5.46. The maximum atomic E-state index is 13.0. The highest BCUT2D eigenvalue weighted by molar-refractivity contribution is 5.79. The predicted molar refractivity (Wildman–Crippen MR) is 115 cm³/mol. The lowest BCUT2D eigenvalue weighted by atomic mass is 9.84. The number of fused-ring (bicyclic) bond motifs is 1. The number of nitrogens with two attached hydrogens (primary N) is 1. The Morgan fingerprint density at radius 2 is 1.87 bits per heavy atom. The second-order valence-corrected chi connectivity index (χ2v) is 7.83. The predicted octanol–water partition coefficient (Wildman–Crippen LogP) is 2.62. The molecule has 2 heterocycles. The number of anilines is 2. The third-order valence-corrected chi connectivity index (χ3v) is 5.74. The molecule has 0 saturated heterocycles. The summed E-state index contributed by atoms with van der Waals surface area (Å²) >= 11 is 0. The van der Waals surface area contributed by atoms with Crippen LogP contribution in [0.4, 0.5) is 11.8 Å². The smallest absolute Gasteiger partial charge is 0.290 e. The highest BCUT2D eigenvalue weighted by atomic mass is 16.3. The molecular formula is C22H29N5O3. The Hall–Kier alpha value is -3.16. The summed E-state index contributed by atoms with van der Waals surface area (Å²) in [5.74, 6) is 1.55. The lowest BCUT2D eigenvalue weighted by Gasteiger charge is -2.35. The molecule has 4 N–H and O–H groups in total. The first-order valence-corrected chi connectivity index (χ1v) is 10.3. The zero-order chi connectivity index (χ0) is 21.5. The second-order valence-electron chi connectivity index (χ2n) is 7.83. The van der Waals surface area contributed by atoms with Gasteiger partial charge in [0.25, 0.3) is 6.47 Å². The Labute approximate surface area is 176 Å². The molecule has 1 aromatic heterocycles. The molecule has 0 bridgehead atoms. The van der Waals surface area contributed by atoms with Gasteiger partial charge >= 0.3 is 0 Å². The number of nitrogen functional groups attached to an aromatic ring is 1. The molecule has 8 nitrogen and oxygen atoms in total. The van der Waals surface area contributed by atoms with Crippen LogP contribution in [0.25, 0.3) is 0 Å². The average molecular weight is 412 g/mol. The summed E-state index contributed by atoms with van der Waals surface area (Å²) in [6.07, 6.45) is 4.77. The van der Waals surface area contributed by atoms with Crippen molar-refractivity contribution < 1.29 is 14.7 Å². The summed E-state index contributed by atoms with van der Waals surface area (Å²) < 4.78 is 0. The van der Waals surface area contributed by atoms with E-state index in [-0.39, 0.29) is 12.4 Å². The van der Waals surface area contributed by atoms with E-state index in [9.17, 15) is 4.79 Å². The van der Waals surface area contributed by atoms with E-state index in [2.05, 4.69) is 44.5 Å². The molecule has 30 heavy (non-hydrogen) atoms. The maximum Gasteiger partial charge on any atom is 0.290 e. The largest absolute Gasteiger partial charge is 0.483 e. The molecule has 0 spiro atoms. The number of carbonyl (C=O) groups is 2. The molecule has 1 fully saturated rings. The number of amides is 1. The number of carboxylic acid groups (broad SMARTS) is 1. The first-order chi connectivity index (χ1) is 14.5. The van der Waals surface area contributed by atoms with E-state index in [4.69, 9.17) is 15.6 Å². The van der Waals surface area contributed by atoms with Crippen molar-refractivity contribution in [1.29, 1.82) is 0 Å². The van der Waals surface area contributed by atoms with E-state index in [1.807, 2.05) is 13.0 Å². The second kappa shape index (κ2) is 10.0. The summed E-state index contributed by atoms with van der Waals surface area (Å²) in [5, 5.41) is 10.3.